The maximum atomic E-state index is 12.2. The maximum Gasteiger partial charge on any atom is 0.236 e. The molecule has 1 aliphatic rings. The van der Waals surface area contributed by atoms with E-state index in [0.717, 1.165) is 16.8 Å². The Morgan fingerprint density at radius 1 is 1.37 bits per heavy atom. The zero-order valence-electron chi connectivity index (χ0n) is 11.9. The van der Waals surface area contributed by atoms with Crippen LogP contribution in [0.25, 0.3) is 0 Å². The lowest BCUT2D eigenvalue weighted by Crippen LogP contribution is -2.33. The van der Waals surface area contributed by atoms with Crippen molar-refractivity contribution in [2.24, 2.45) is 0 Å². The van der Waals surface area contributed by atoms with Crippen molar-refractivity contribution in [3.05, 3.63) is 29.3 Å². The van der Waals surface area contributed by atoms with Crippen LogP contribution >= 0.6 is 0 Å². The average Bonchev–Trinajstić information content (AvgIpc) is 2.57. The Bertz CT molecular complexity index is 535. The van der Waals surface area contributed by atoms with Crippen molar-refractivity contribution in [2.75, 3.05) is 11.9 Å². The van der Waals surface area contributed by atoms with Gasteiger partial charge in [0.1, 0.15) is 0 Å². The first kappa shape index (κ1) is 13.6. The summed E-state index contributed by atoms with van der Waals surface area (Å²) in [5.74, 6) is 0.144. The molecule has 0 saturated heterocycles. The number of hydrogen-bond donors (Lipinski definition) is 1. The molecule has 1 aromatic rings. The standard InChI is InChI=1S/C15H20N2O2/c1-5-13(18)16-9-10-6-7-12-11(8-10)15(2,3)14(19)17(12)4/h6-8H,5,9H2,1-4H3,(H,16,18). The zero-order chi connectivity index (χ0) is 14.2. The van der Waals surface area contributed by atoms with E-state index in [1.165, 1.54) is 0 Å². The lowest BCUT2D eigenvalue weighted by atomic mass is 9.85. The smallest absolute Gasteiger partial charge is 0.236 e. The molecule has 0 unspecified atom stereocenters. The first-order valence-electron chi connectivity index (χ1n) is 6.56. The summed E-state index contributed by atoms with van der Waals surface area (Å²) in [5, 5.41) is 2.85. The molecule has 2 rings (SSSR count). The van der Waals surface area contributed by atoms with E-state index >= 15 is 0 Å². The molecule has 1 aromatic carbocycles. The highest BCUT2D eigenvalue weighted by Crippen LogP contribution is 2.40. The Morgan fingerprint density at radius 3 is 2.68 bits per heavy atom. The van der Waals surface area contributed by atoms with Crippen molar-refractivity contribution in [1.82, 2.24) is 5.32 Å². The van der Waals surface area contributed by atoms with Gasteiger partial charge in [0, 0.05) is 25.7 Å². The van der Waals surface area contributed by atoms with Gasteiger partial charge in [-0.1, -0.05) is 19.1 Å². The minimum Gasteiger partial charge on any atom is -0.352 e. The predicted molar refractivity (Wildman–Crippen MR) is 75.0 cm³/mol. The van der Waals surface area contributed by atoms with Crippen molar-refractivity contribution in [3.63, 3.8) is 0 Å². The molecule has 1 N–H and O–H groups in total. The summed E-state index contributed by atoms with van der Waals surface area (Å²) < 4.78 is 0. The lowest BCUT2D eigenvalue weighted by Gasteiger charge is -2.16. The average molecular weight is 260 g/mol. The highest BCUT2D eigenvalue weighted by molar-refractivity contribution is 6.07. The molecule has 0 aromatic heterocycles. The number of nitrogens with zero attached hydrogens (tertiary/aromatic N) is 1. The third kappa shape index (κ3) is 2.23. The molecule has 0 saturated carbocycles. The zero-order valence-corrected chi connectivity index (χ0v) is 11.9. The number of rotatable bonds is 3. The minimum absolute atomic E-state index is 0.0351. The summed E-state index contributed by atoms with van der Waals surface area (Å²) >= 11 is 0. The number of carbonyl (C=O) groups is 2. The van der Waals surface area contributed by atoms with E-state index in [1.54, 1.807) is 11.9 Å². The summed E-state index contributed by atoms with van der Waals surface area (Å²) in [6.45, 7) is 6.21. The van der Waals surface area contributed by atoms with Gasteiger partial charge in [-0.25, -0.2) is 0 Å². The van der Waals surface area contributed by atoms with Crippen LogP contribution in [0.1, 0.15) is 38.3 Å². The molecule has 102 valence electrons. The first-order chi connectivity index (χ1) is 8.87. The molecular weight excluding hydrogens is 240 g/mol. The number of anilines is 1. The summed E-state index contributed by atoms with van der Waals surface area (Å²) in [6, 6.07) is 5.93. The molecule has 1 aliphatic heterocycles. The van der Waals surface area contributed by atoms with Gasteiger partial charge in [-0.05, 0) is 31.0 Å². The molecule has 0 atom stereocenters. The SMILES string of the molecule is CCC(=O)NCc1ccc2c(c1)C(C)(C)C(=O)N2C. The van der Waals surface area contributed by atoms with Crippen LogP contribution in [0.5, 0.6) is 0 Å². The summed E-state index contributed by atoms with van der Waals surface area (Å²) in [4.78, 5) is 25.1. The first-order valence-corrected chi connectivity index (χ1v) is 6.56. The maximum absolute atomic E-state index is 12.2. The van der Waals surface area contributed by atoms with Crippen LogP contribution in [0.2, 0.25) is 0 Å². The highest BCUT2D eigenvalue weighted by atomic mass is 16.2. The molecule has 0 spiro atoms. The molecular formula is C15H20N2O2. The van der Waals surface area contributed by atoms with Crippen LogP contribution in [0, 0.1) is 0 Å². The number of benzene rings is 1. The van der Waals surface area contributed by atoms with Gasteiger partial charge >= 0.3 is 0 Å². The second kappa shape index (κ2) is 4.68. The van der Waals surface area contributed by atoms with E-state index in [0.29, 0.717) is 13.0 Å². The summed E-state index contributed by atoms with van der Waals surface area (Å²) in [6.07, 6.45) is 0.484. The molecule has 0 fully saturated rings. The fraction of sp³-hybridized carbons (Fsp3) is 0.467. The topological polar surface area (TPSA) is 49.4 Å². The van der Waals surface area contributed by atoms with Crippen LogP contribution in [0.4, 0.5) is 5.69 Å². The minimum atomic E-state index is -0.491. The van der Waals surface area contributed by atoms with E-state index in [-0.39, 0.29) is 11.8 Å². The van der Waals surface area contributed by atoms with Crippen LogP contribution in [-0.2, 0) is 21.5 Å². The van der Waals surface area contributed by atoms with E-state index in [1.807, 2.05) is 39.0 Å². The van der Waals surface area contributed by atoms with E-state index in [9.17, 15) is 9.59 Å². The summed E-state index contributed by atoms with van der Waals surface area (Å²) in [7, 11) is 1.80. The van der Waals surface area contributed by atoms with Crippen molar-refractivity contribution in [3.8, 4) is 0 Å². The third-order valence-corrected chi connectivity index (χ3v) is 3.75. The third-order valence-electron chi connectivity index (χ3n) is 3.75. The molecule has 0 bridgehead atoms. The van der Waals surface area contributed by atoms with E-state index < -0.39 is 5.41 Å². The predicted octanol–water partition coefficient (Wildman–Crippen LogP) is 1.97. The summed E-state index contributed by atoms with van der Waals surface area (Å²) in [5.41, 5.74) is 2.52. The van der Waals surface area contributed by atoms with Gasteiger partial charge in [0.15, 0.2) is 0 Å². The van der Waals surface area contributed by atoms with Gasteiger partial charge in [0.2, 0.25) is 11.8 Å². The molecule has 2 amide bonds. The van der Waals surface area contributed by atoms with Crippen molar-refractivity contribution < 1.29 is 9.59 Å². The van der Waals surface area contributed by atoms with Crippen LogP contribution < -0.4 is 10.2 Å². The van der Waals surface area contributed by atoms with Gasteiger partial charge in [0.05, 0.1) is 5.41 Å². The fourth-order valence-corrected chi connectivity index (χ4v) is 2.46. The van der Waals surface area contributed by atoms with Crippen molar-refractivity contribution >= 4 is 17.5 Å². The second-order valence-corrected chi connectivity index (χ2v) is 5.47. The number of nitrogens with one attached hydrogen (secondary N) is 1. The van der Waals surface area contributed by atoms with Gasteiger partial charge in [0.25, 0.3) is 0 Å². The Kier molecular flexibility index (Phi) is 3.35. The number of carbonyl (C=O) groups excluding carboxylic acids is 2. The number of hydrogen-bond acceptors (Lipinski definition) is 2. The number of fused-ring (bicyclic) bond motifs is 1. The quantitative estimate of drug-likeness (QED) is 0.903. The molecule has 19 heavy (non-hydrogen) atoms. The second-order valence-electron chi connectivity index (χ2n) is 5.47. The largest absolute Gasteiger partial charge is 0.352 e. The van der Waals surface area contributed by atoms with Gasteiger partial charge < -0.3 is 10.2 Å². The number of amides is 2. The Morgan fingerprint density at radius 2 is 2.05 bits per heavy atom. The monoisotopic (exact) mass is 260 g/mol. The lowest BCUT2D eigenvalue weighted by molar-refractivity contribution is -0.122. The van der Waals surface area contributed by atoms with Crippen molar-refractivity contribution in [1.29, 1.82) is 0 Å². The van der Waals surface area contributed by atoms with Gasteiger partial charge in [-0.15, -0.1) is 0 Å². The molecule has 4 nitrogen and oxygen atoms in total. The Balaban J connectivity index is 2.28. The molecule has 4 heteroatoms. The highest BCUT2D eigenvalue weighted by Gasteiger charge is 2.42. The van der Waals surface area contributed by atoms with Crippen LogP contribution in [-0.4, -0.2) is 18.9 Å². The number of likely N-dealkylation sites (N-methyl/N-ethyl adjacent to an activating group) is 1. The van der Waals surface area contributed by atoms with E-state index in [4.69, 9.17) is 0 Å². The molecule has 0 aliphatic carbocycles. The Hall–Kier alpha value is -1.84. The Labute approximate surface area is 113 Å². The van der Waals surface area contributed by atoms with Crippen LogP contribution in [0.15, 0.2) is 18.2 Å². The van der Waals surface area contributed by atoms with E-state index in [2.05, 4.69) is 5.32 Å². The molecule has 0 radical (unpaired) electrons. The fourth-order valence-electron chi connectivity index (χ4n) is 2.46. The van der Waals surface area contributed by atoms with Gasteiger partial charge in [-0.3, -0.25) is 9.59 Å². The van der Waals surface area contributed by atoms with Crippen molar-refractivity contribution in [2.45, 2.75) is 39.2 Å². The van der Waals surface area contributed by atoms with Gasteiger partial charge in [-0.2, -0.15) is 0 Å². The van der Waals surface area contributed by atoms with Crippen LogP contribution in [0.3, 0.4) is 0 Å². The normalized spacial score (nSPS) is 16.4. The molecule has 1 heterocycles.